The first-order valence-electron chi connectivity index (χ1n) is 13.0. The first kappa shape index (κ1) is 12.8. The molecule has 0 bridgehead atoms. The quantitative estimate of drug-likeness (QED) is 0.472. The molecule has 0 radical (unpaired) electrons. The zero-order valence-electron chi connectivity index (χ0n) is 23.9. The highest BCUT2D eigenvalue weighted by atomic mass is 32.1. The Labute approximate surface area is 186 Å². The van der Waals surface area contributed by atoms with Gasteiger partial charge in [0, 0.05) is 13.8 Å². The van der Waals surface area contributed by atoms with Gasteiger partial charge in [-0.05, 0) is 49.4 Å². The Morgan fingerprint density at radius 2 is 2.07 bits per heavy atom. The Bertz CT molecular complexity index is 1280. The Morgan fingerprint density at radius 1 is 1.34 bits per heavy atom. The maximum atomic E-state index is 12.2. The molecule has 0 saturated carbocycles. The number of benzene rings is 2. The third kappa shape index (κ3) is 6.69. The van der Waals surface area contributed by atoms with Gasteiger partial charge in [-0.1, -0.05) is 48.3 Å². The Morgan fingerprint density at radius 3 is 2.72 bits per heavy atom. The Hall–Kier alpha value is -2.70. The number of carbonyl (C=O) groups excluding carboxylic acids is 1. The first-order chi connectivity index (χ1) is 17.1. The smallest absolute Gasteiger partial charge is 0.230 e. The molecule has 5 nitrogen and oxygen atoms in total. The third-order valence-electron chi connectivity index (χ3n) is 3.99. The van der Waals surface area contributed by atoms with Crippen LogP contribution in [0.1, 0.15) is 58.6 Å². The molecule has 3 aromatic rings. The summed E-state index contributed by atoms with van der Waals surface area (Å²) in [6.07, 6.45) is -5.22. The number of nitrogens with two attached hydrogens (primary N) is 1. The van der Waals surface area contributed by atoms with Crippen molar-refractivity contribution >= 4 is 28.1 Å². The van der Waals surface area contributed by atoms with Crippen LogP contribution in [-0.2, 0) is 17.6 Å². The largest absolute Gasteiger partial charge is 0.388 e. The molecule has 0 saturated heterocycles. The molecule has 1 aromatic heterocycles. The second-order valence-electron chi connectivity index (χ2n) is 6.40. The van der Waals surface area contributed by atoms with E-state index in [2.05, 4.69) is 10.3 Å². The molecular weight excluding hydrogens is 382 g/mol. The van der Waals surface area contributed by atoms with Crippen molar-refractivity contribution in [1.29, 1.82) is 0 Å². The van der Waals surface area contributed by atoms with Gasteiger partial charge in [-0.3, -0.25) is 4.79 Å². The lowest BCUT2D eigenvalue weighted by molar-refractivity contribution is -0.115. The van der Waals surface area contributed by atoms with E-state index in [1.807, 2.05) is 0 Å². The summed E-state index contributed by atoms with van der Waals surface area (Å²) in [4.78, 5) is 16.2. The monoisotopic (exact) mass is 417 g/mol. The number of hydrogen-bond acceptors (Lipinski definition) is 5. The van der Waals surface area contributed by atoms with Crippen molar-refractivity contribution in [2.24, 2.45) is 0 Å². The van der Waals surface area contributed by atoms with Gasteiger partial charge in [0.2, 0.25) is 5.91 Å². The number of hydrogen-bond donors (Lipinski definition) is 3. The van der Waals surface area contributed by atoms with E-state index in [1.165, 1.54) is 6.92 Å². The standard InChI is InChI=1S/C23H27N3O2S/c1-16-6-10-18(11-7-16)21(27)5-3-2-4-17-8-12-19(13-9-17)25-22(28)14-20-15-29-23(24)26-20/h6-13,15,21,27H,2-5,14H2,1H3,(H2,24,26)(H,25,28)/t21-/m0/s1/i2D2,6D,7D,10D,11D,15D,21D. The number of nitrogens with zero attached hydrogens (tertiary/aromatic N) is 1. The second-order valence-corrected chi connectivity index (χ2v) is 7.22. The van der Waals surface area contributed by atoms with Crippen LogP contribution in [0.15, 0.2) is 53.8 Å². The van der Waals surface area contributed by atoms with Gasteiger partial charge in [0.15, 0.2) is 5.13 Å². The molecule has 6 heteroatoms. The summed E-state index contributed by atoms with van der Waals surface area (Å²) in [5, 5.41) is 13.7. The first-order valence-corrected chi connectivity index (χ1v) is 9.83. The van der Waals surface area contributed by atoms with Crippen LogP contribution in [0.5, 0.6) is 0 Å². The molecule has 0 aliphatic rings. The average Bonchev–Trinajstić information content (AvgIpc) is 3.12. The third-order valence-corrected chi connectivity index (χ3v) is 4.63. The minimum absolute atomic E-state index is 0.0552. The summed E-state index contributed by atoms with van der Waals surface area (Å²) in [5.41, 5.74) is 6.57. The van der Waals surface area contributed by atoms with E-state index < -0.39 is 36.5 Å². The van der Waals surface area contributed by atoms with Crippen LogP contribution in [0.4, 0.5) is 10.8 Å². The SMILES string of the molecule is [2H]c1sc(N)nc1CC(=O)Nc1ccc(CC([2H])([2H])CC[C@]([2H])(O)c2c([2H])c([2H])c(C)c([2H])c2[2H])cc1. The number of aliphatic hydroxyl groups is 1. The summed E-state index contributed by atoms with van der Waals surface area (Å²) in [5.74, 6) is -0.373. The number of nitrogen functional groups attached to an aromatic ring is 1. The molecule has 0 spiro atoms. The number of nitrogens with one attached hydrogen (secondary N) is 1. The van der Waals surface area contributed by atoms with Crippen molar-refractivity contribution in [3.63, 3.8) is 0 Å². The van der Waals surface area contributed by atoms with Crippen LogP contribution < -0.4 is 11.1 Å². The van der Waals surface area contributed by atoms with Gasteiger partial charge < -0.3 is 16.2 Å². The summed E-state index contributed by atoms with van der Waals surface area (Å²) in [6, 6.07) is 4.80. The van der Waals surface area contributed by atoms with Crippen molar-refractivity contribution < 1.29 is 20.9 Å². The summed E-state index contributed by atoms with van der Waals surface area (Å²) < 4.78 is 64.7. The van der Waals surface area contributed by atoms with E-state index >= 15 is 0 Å². The molecule has 2 aromatic carbocycles. The zero-order valence-corrected chi connectivity index (χ0v) is 16.7. The number of anilines is 2. The highest BCUT2D eigenvalue weighted by Crippen LogP contribution is 2.21. The van der Waals surface area contributed by atoms with Gasteiger partial charge in [0.25, 0.3) is 0 Å². The van der Waals surface area contributed by atoms with Gasteiger partial charge in [0.1, 0.15) is 0 Å². The lowest BCUT2D eigenvalue weighted by Crippen LogP contribution is -2.14. The van der Waals surface area contributed by atoms with E-state index in [9.17, 15) is 9.90 Å². The normalized spacial score (nSPS) is 17.4. The van der Waals surface area contributed by atoms with Crippen LogP contribution in [0.3, 0.4) is 0 Å². The second kappa shape index (κ2) is 10.2. The molecule has 0 aliphatic heterocycles. The number of thiazole rings is 1. The Kier molecular flexibility index (Phi) is 4.49. The average molecular weight is 418 g/mol. The number of carbonyl (C=O) groups is 1. The molecule has 0 fully saturated rings. The van der Waals surface area contributed by atoms with Crippen LogP contribution >= 0.6 is 11.3 Å². The fraction of sp³-hybridized carbons (Fsp3) is 0.304. The fourth-order valence-electron chi connectivity index (χ4n) is 2.51. The molecule has 0 unspecified atom stereocenters. The highest BCUT2D eigenvalue weighted by Gasteiger charge is 2.08. The van der Waals surface area contributed by atoms with Gasteiger partial charge in [-0.25, -0.2) is 4.98 Å². The molecule has 1 heterocycles. The predicted octanol–water partition coefficient (Wildman–Crippen LogP) is 4.66. The lowest BCUT2D eigenvalue weighted by Gasteiger charge is -2.11. The van der Waals surface area contributed by atoms with Gasteiger partial charge in [-0.15, -0.1) is 11.3 Å². The fourth-order valence-corrected chi connectivity index (χ4v) is 3.01. The van der Waals surface area contributed by atoms with Crippen LogP contribution in [0.2, 0.25) is 0 Å². The van der Waals surface area contributed by atoms with Gasteiger partial charge in [-0.2, -0.15) is 0 Å². The van der Waals surface area contributed by atoms with Crippen molar-refractivity contribution in [3.8, 4) is 0 Å². The minimum Gasteiger partial charge on any atom is -0.388 e. The molecular formula is C23H27N3O2S. The van der Waals surface area contributed by atoms with E-state index in [4.69, 9.17) is 16.7 Å². The molecule has 1 atom stereocenters. The highest BCUT2D eigenvalue weighted by molar-refractivity contribution is 7.13. The summed E-state index contributed by atoms with van der Waals surface area (Å²) in [6.45, 7) is 1.42. The van der Waals surface area contributed by atoms with E-state index in [-0.39, 0.29) is 59.0 Å². The summed E-state index contributed by atoms with van der Waals surface area (Å²) >= 11 is 0.987. The molecule has 152 valence electrons. The van der Waals surface area contributed by atoms with E-state index in [0.717, 1.165) is 11.3 Å². The molecule has 1 amide bonds. The molecule has 3 rings (SSSR count). The number of aryl methyl sites for hydroxylation is 1. The van der Waals surface area contributed by atoms with E-state index in [0.29, 0.717) is 11.3 Å². The van der Waals surface area contributed by atoms with Crippen LogP contribution in [0, 0.1) is 6.92 Å². The van der Waals surface area contributed by atoms with Crippen molar-refractivity contribution in [1.82, 2.24) is 4.98 Å². The van der Waals surface area contributed by atoms with Crippen LogP contribution in [0.25, 0.3) is 0 Å². The van der Waals surface area contributed by atoms with Crippen molar-refractivity contribution in [2.75, 3.05) is 11.1 Å². The summed E-state index contributed by atoms with van der Waals surface area (Å²) in [7, 11) is 0. The van der Waals surface area contributed by atoms with Crippen LogP contribution in [-0.4, -0.2) is 16.0 Å². The van der Waals surface area contributed by atoms with Crippen molar-refractivity contribution in [3.05, 3.63) is 76.2 Å². The number of amides is 1. The van der Waals surface area contributed by atoms with Crippen molar-refractivity contribution in [2.45, 2.75) is 45.1 Å². The van der Waals surface area contributed by atoms with E-state index in [1.54, 1.807) is 24.3 Å². The maximum Gasteiger partial charge on any atom is 0.230 e. The maximum absolute atomic E-state index is 12.2. The predicted molar refractivity (Wildman–Crippen MR) is 119 cm³/mol. The lowest BCUT2D eigenvalue weighted by atomic mass is 10.0. The topological polar surface area (TPSA) is 88.2 Å². The molecule has 29 heavy (non-hydrogen) atoms. The van der Waals surface area contributed by atoms with Gasteiger partial charge >= 0.3 is 0 Å². The number of aromatic nitrogens is 1. The minimum atomic E-state index is -2.50. The van der Waals surface area contributed by atoms with Gasteiger partial charge in [0.05, 0.1) is 26.4 Å². The molecule has 4 N–H and O–H groups in total. The Balaban J connectivity index is 1.63. The number of rotatable bonds is 9. The molecule has 0 aliphatic carbocycles. The zero-order chi connectivity index (χ0) is 27.7.